The van der Waals surface area contributed by atoms with Crippen LogP contribution >= 0.6 is 12.9 Å². The normalized spacial score (nSPS) is 9.88. The predicted octanol–water partition coefficient (Wildman–Crippen LogP) is 3.14. The summed E-state index contributed by atoms with van der Waals surface area (Å²) in [6.07, 6.45) is 0. The molecule has 86 valence electrons. The number of hydrogen-bond acceptors (Lipinski definition) is 2. The van der Waals surface area contributed by atoms with Crippen LogP contribution in [0.15, 0.2) is 0 Å². The Bertz CT molecular complexity index is 391. The van der Waals surface area contributed by atoms with E-state index in [1.165, 1.54) is 22.3 Å². The lowest BCUT2D eigenvalue weighted by atomic mass is 9.98. The van der Waals surface area contributed by atoms with Gasteiger partial charge < -0.3 is 22.4 Å². The zero-order valence-corrected chi connectivity index (χ0v) is 13.6. The molecule has 4 heteroatoms. The van der Waals surface area contributed by atoms with Crippen molar-refractivity contribution in [3.63, 3.8) is 0 Å². The van der Waals surface area contributed by atoms with Crippen LogP contribution in [0, 0.1) is 20.8 Å². The van der Waals surface area contributed by atoms with Gasteiger partial charge in [-0.3, -0.25) is 0 Å². The molecule has 0 unspecified atom stereocenters. The first-order chi connectivity index (χ1) is 7.58. The zero-order valence-electron chi connectivity index (χ0n) is 10.6. The number of halogens is 1. The number of ether oxygens (including phenoxy) is 2. The molecule has 16 heavy (non-hydrogen) atoms. The molecule has 0 fully saturated rings. The SMILES string of the molecule is COc1c(C)c(C)c(OC)c([CH2][Mg][Br])c1C. The fourth-order valence-electron chi connectivity index (χ4n) is 2.13. The Morgan fingerprint density at radius 2 is 1.44 bits per heavy atom. The van der Waals surface area contributed by atoms with Gasteiger partial charge in [0.15, 0.2) is 0 Å². The summed E-state index contributed by atoms with van der Waals surface area (Å²) in [5.74, 6) is 2.03. The molecule has 2 nitrogen and oxygen atoms in total. The number of rotatable bonds is 4. The second-order valence-corrected chi connectivity index (χ2v) is 7.12. The van der Waals surface area contributed by atoms with Gasteiger partial charge in [0, 0.05) is 0 Å². The van der Waals surface area contributed by atoms with Gasteiger partial charge in [-0.1, -0.05) is 4.55 Å². The molecule has 0 spiro atoms. The Balaban J connectivity index is 3.50. The highest BCUT2D eigenvalue weighted by molar-refractivity contribution is 9.23. The van der Waals surface area contributed by atoms with Crippen molar-refractivity contribution in [3.8, 4) is 11.5 Å². The maximum Gasteiger partial charge on any atom is 0.473 e. The third kappa shape index (κ3) is 2.49. The zero-order chi connectivity index (χ0) is 12.3. The van der Waals surface area contributed by atoms with E-state index in [1.807, 2.05) is 0 Å². The second-order valence-electron chi connectivity index (χ2n) is 3.86. The summed E-state index contributed by atoms with van der Waals surface area (Å²) in [6.45, 7) is 6.29. The molecule has 0 saturated heterocycles. The van der Waals surface area contributed by atoms with E-state index in [2.05, 4.69) is 33.7 Å². The molecule has 0 aliphatic heterocycles. The molecular formula is C12H17BrMgO2. The molecule has 0 heterocycles. The van der Waals surface area contributed by atoms with Crippen LogP contribution in [0.4, 0.5) is 0 Å². The van der Waals surface area contributed by atoms with E-state index < -0.39 is 0 Å². The van der Waals surface area contributed by atoms with Gasteiger partial charge in [-0.15, -0.1) is 0 Å². The highest BCUT2D eigenvalue weighted by Gasteiger charge is 2.17. The quantitative estimate of drug-likeness (QED) is 0.795. The molecule has 0 bridgehead atoms. The van der Waals surface area contributed by atoms with Crippen LogP contribution in [-0.4, -0.2) is 32.4 Å². The molecule has 0 saturated carbocycles. The van der Waals surface area contributed by atoms with Gasteiger partial charge in [-0.05, 0) is 43.0 Å². The summed E-state index contributed by atoms with van der Waals surface area (Å²) in [5, 5.41) is 0. The fraction of sp³-hybridized carbons (Fsp3) is 0.500. The van der Waals surface area contributed by atoms with E-state index >= 15 is 0 Å². The van der Waals surface area contributed by atoms with Gasteiger partial charge in [0.25, 0.3) is 0 Å². The first-order valence-electron chi connectivity index (χ1n) is 5.35. The molecule has 0 aliphatic rings. The summed E-state index contributed by atoms with van der Waals surface area (Å²) in [5.41, 5.74) is 4.88. The molecule has 0 N–H and O–H groups in total. The molecule has 1 rings (SSSR count). The molecule has 0 aliphatic carbocycles. The smallest absolute Gasteiger partial charge is 0.473 e. The molecule has 0 aromatic heterocycles. The largest absolute Gasteiger partial charge is 0.496 e. The standard InChI is InChI=1S/C12H17O2.BrH.Mg/c1-7-8(2)12(14-6)10(4)9(3)11(7)13-5;;/h1H2,2-6H3;1H;/q;;+1/p-1. The Labute approximate surface area is 113 Å². The number of benzene rings is 1. The summed E-state index contributed by atoms with van der Waals surface area (Å²) >= 11 is 3.40. The van der Waals surface area contributed by atoms with Crippen molar-refractivity contribution in [2.24, 2.45) is 0 Å². The molecular weight excluding hydrogens is 280 g/mol. The Morgan fingerprint density at radius 1 is 0.938 bits per heavy atom. The van der Waals surface area contributed by atoms with Crippen LogP contribution in [0.2, 0.25) is 0 Å². The monoisotopic (exact) mass is 296 g/mol. The van der Waals surface area contributed by atoms with Gasteiger partial charge in [0.1, 0.15) is 11.5 Å². The van der Waals surface area contributed by atoms with Crippen molar-refractivity contribution in [1.82, 2.24) is 0 Å². The lowest BCUT2D eigenvalue weighted by Gasteiger charge is -2.20. The first kappa shape index (κ1) is 14.1. The van der Waals surface area contributed by atoms with E-state index in [0.29, 0.717) is 0 Å². The minimum atomic E-state index is -0.211. The van der Waals surface area contributed by atoms with E-state index in [9.17, 15) is 0 Å². The summed E-state index contributed by atoms with van der Waals surface area (Å²) in [4.78, 5) is 0. The topological polar surface area (TPSA) is 18.5 Å². The Hall–Kier alpha value is 0.0662. The lowest BCUT2D eigenvalue weighted by Crippen LogP contribution is -2.05. The van der Waals surface area contributed by atoms with Crippen LogP contribution in [-0.2, 0) is 4.55 Å². The highest BCUT2D eigenvalue weighted by atomic mass is 79.9. The average molecular weight is 297 g/mol. The van der Waals surface area contributed by atoms with Crippen molar-refractivity contribution < 1.29 is 9.47 Å². The fourth-order valence-corrected chi connectivity index (χ4v) is 4.11. The molecule has 0 amide bonds. The Kier molecular flexibility index (Phi) is 5.41. The van der Waals surface area contributed by atoms with Crippen LogP contribution < -0.4 is 9.47 Å². The second kappa shape index (κ2) is 6.12. The summed E-state index contributed by atoms with van der Waals surface area (Å²) < 4.78 is 12.1. The molecule has 0 radical (unpaired) electrons. The van der Waals surface area contributed by atoms with Crippen molar-refractivity contribution >= 4 is 31.1 Å². The van der Waals surface area contributed by atoms with Crippen LogP contribution in [0.25, 0.3) is 0 Å². The van der Waals surface area contributed by atoms with E-state index in [0.717, 1.165) is 16.0 Å². The number of hydrogen-bond donors (Lipinski definition) is 0. The predicted molar refractivity (Wildman–Crippen MR) is 72.1 cm³/mol. The van der Waals surface area contributed by atoms with Crippen molar-refractivity contribution in [2.75, 3.05) is 14.2 Å². The molecule has 0 atom stereocenters. The molecule has 1 aromatic rings. The maximum atomic E-state index is 5.54. The number of methoxy groups -OCH3 is 2. The van der Waals surface area contributed by atoms with E-state index in [-0.39, 0.29) is 18.2 Å². The van der Waals surface area contributed by atoms with Crippen molar-refractivity contribution in [1.29, 1.82) is 0 Å². The lowest BCUT2D eigenvalue weighted by molar-refractivity contribution is 0.392. The minimum Gasteiger partial charge on any atom is -0.496 e. The van der Waals surface area contributed by atoms with Crippen LogP contribution in [0.3, 0.4) is 0 Å². The molecule has 1 aromatic carbocycles. The third-order valence-electron chi connectivity index (χ3n) is 3.06. The maximum absolute atomic E-state index is 5.54. The van der Waals surface area contributed by atoms with Crippen molar-refractivity contribution in [2.45, 2.75) is 25.3 Å². The van der Waals surface area contributed by atoms with Gasteiger partial charge in [-0.25, -0.2) is 0 Å². The van der Waals surface area contributed by atoms with Gasteiger partial charge in [-0.2, -0.15) is 0 Å². The van der Waals surface area contributed by atoms with Gasteiger partial charge in [0.2, 0.25) is 0 Å². The Morgan fingerprint density at radius 3 is 1.88 bits per heavy atom. The van der Waals surface area contributed by atoms with Crippen molar-refractivity contribution in [3.05, 3.63) is 22.3 Å². The third-order valence-corrected chi connectivity index (χ3v) is 4.94. The van der Waals surface area contributed by atoms with Gasteiger partial charge in [0.05, 0.1) is 14.2 Å². The van der Waals surface area contributed by atoms with E-state index in [4.69, 9.17) is 9.47 Å². The summed E-state index contributed by atoms with van der Waals surface area (Å²) in [7, 11) is 3.48. The van der Waals surface area contributed by atoms with E-state index in [1.54, 1.807) is 14.2 Å². The van der Waals surface area contributed by atoms with Gasteiger partial charge >= 0.3 is 18.2 Å². The summed E-state index contributed by atoms with van der Waals surface area (Å²) in [6, 6.07) is 0. The highest BCUT2D eigenvalue weighted by Crippen LogP contribution is 2.37. The average Bonchev–Trinajstić information content (AvgIpc) is 2.27. The van der Waals surface area contributed by atoms with Crippen LogP contribution in [0.1, 0.15) is 22.3 Å². The first-order valence-corrected chi connectivity index (χ1v) is 10.2. The minimum absolute atomic E-state index is 0.211. The van der Waals surface area contributed by atoms with Crippen LogP contribution in [0.5, 0.6) is 11.5 Å².